The monoisotopic (exact) mass is 201 g/mol. The molecule has 15 heavy (non-hydrogen) atoms. The first-order valence-electron chi connectivity index (χ1n) is 6.07. The van der Waals surface area contributed by atoms with E-state index in [2.05, 4.69) is 43.4 Å². The van der Waals surface area contributed by atoms with E-state index in [0.29, 0.717) is 17.5 Å². The van der Waals surface area contributed by atoms with Crippen LogP contribution in [-0.2, 0) is 5.41 Å². The van der Waals surface area contributed by atoms with Crippen molar-refractivity contribution < 1.29 is 0 Å². The summed E-state index contributed by atoms with van der Waals surface area (Å²) in [5.74, 6) is 0. The largest absolute Gasteiger partial charge is 0.308 e. The van der Waals surface area contributed by atoms with Crippen molar-refractivity contribution in [2.24, 2.45) is 0 Å². The number of hydrogen-bond acceptors (Lipinski definition) is 1. The molecule has 1 aromatic rings. The molecule has 2 aliphatic rings. The Morgan fingerprint density at radius 3 is 2.67 bits per heavy atom. The smallest absolute Gasteiger partial charge is 0.0333 e. The van der Waals surface area contributed by atoms with E-state index < -0.39 is 0 Å². The summed E-state index contributed by atoms with van der Waals surface area (Å²) in [4.78, 5) is 0. The van der Waals surface area contributed by atoms with Crippen molar-refractivity contribution in [3.63, 3.8) is 0 Å². The second kappa shape index (κ2) is 3.08. The van der Waals surface area contributed by atoms with Gasteiger partial charge in [0, 0.05) is 12.1 Å². The van der Waals surface area contributed by atoms with Gasteiger partial charge in [0.2, 0.25) is 0 Å². The summed E-state index contributed by atoms with van der Waals surface area (Å²) >= 11 is 0. The zero-order chi connectivity index (χ0) is 10.5. The Bertz CT molecular complexity index is 377. The van der Waals surface area contributed by atoms with Gasteiger partial charge < -0.3 is 5.32 Å². The molecular formula is C14H19N. The molecule has 1 aromatic carbocycles. The van der Waals surface area contributed by atoms with Crippen LogP contribution in [0.2, 0.25) is 0 Å². The van der Waals surface area contributed by atoms with Gasteiger partial charge in [-0.05, 0) is 35.8 Å². The topological polar surface area (TPSA) is 12.0 Å². The molecule has 1 N–H and O–H groups in total. The Balaban J connectivity index is 1.96. The van der Waals surface area contributed by atoms with E-state index in [1.165, 1.54) is 19.3 Å². The van der Waals surface area contributed by atoms with Gasteiger partial charge >= 0.3 is 0 Å². The van der Waals surface area contributed by atoms with Crippen LogP contribution in [0.25, 0.3) is 0 Å². The molecule has 0 aliphatic heterocycles. The summed E-state index contributed by atoms with van der Waals surface area (Å²) in [6.45, 7) is 4.47. The van der Waals surface area contributed by atoms with Crippen LogP contribution in [-0.4, -0.2) is 6.04 Å². The fraction of sp³-hybridized carbons (Fsp3) is 0.571. The Morgan fingerprint density at radius 1 is 1.27 bits per heavy atom. The molecule has 1 saturated carbocycles. The Kier molecular flexibility index (Phi) is 1.93. The van der Waals surface area contributed by atoms with E-state index in [0.717, 1.165) is 0 Å². The molecule has 1 spiro atoms. The molecule has 3 rings (SSSR count). The van der Waals surface area contributed by atoms with Crippen LogP contribution in [0, 0.1) is 0 Å². The van der Waals surface area contributed by atoms with Crippen molar-refractivity contribution in [3.05, 3.63) is 35.4 Å². The lowest BCUT2D eigenvalue weighted by molar-refractivity contribution is 0.446. The van der Waals surface area contributed by atoms with E-state index in [-0.39, 0.29) is 0 Å². The van der Waals surface area contributed by atoms with Crippen molar-refractivity contribution in [2.45, 2.75) is 50.6 Å². The van der Waals surface area contributed by atoms with E-state index >= 15 is 0 Å². The number of rotatable bonds is 2. The Hall–Kier alpha value is -0.820. The molecule has 0 amide bonds. The van der Waals surface area contributed by atoms with Crippen LogP contribution >= 0.6 is 0 Å². The predicted molar refractivity (Wildman–Crippen MR) is 63.0 cm³/mol. The predicted octanol–water partition coefficient (Wildman–Crippen LogP) is 3.16. The molecule has 0 heterocycles. The normalized spacial score (nSPS) is 25.9. The van der Waals surface area contributed by atoms with Gasteiger partial charge in [0.1, 0.15) is 0 Å². The molecule has 1 heteroatoms. The molecule has 0 saturated heterocycles. The number of hydrogen-bond donors (Lipinski definition) is 1. The van der Waals surface area contributed by atoms with Crippen molar-refractivity contribution >= 4 is 0 Å². The van der Waals surface area contributed by atoms with Gasteiger partial charge in [0.05, 0.1) is 0 Å². The molecular weight excluding hydrogens is 182 g/mol. The van der Waals surface area contributed by atoms with Crippen molar-refractivity contribution in [2.75, 3.05) is 0 Å². The van der Waals surface area contributed by atoms with Crippen LogP contribution in [0.1, 0.15) is 50.3 Å². The lowest BCUT2D eigenvalue weighted by Gasteiger charge is -2.17. The summed E-state index contributed by atoms with van der Waals surface area (Å²) in [6.07, 6.45) is 4.13. The van der Waals surface area contributed by atoms with E-state index in [1.54, 1.807) is 11.1 Å². The van der Waals surface area contributed by atoms with Crippen molar-refractivity contribution in [3.8, 4) is 0 Å². The van der Waals surface area contributed by atoms with Crippen LogP contribution < -0.4 is 5.32 Å². The highest BCUT2D eigenvalue weighted by Crippen LogP contribution is 2.59. The molecule has 0 aromatic heterocycles. The maximum Gasteiger partial charge on any atom is 0.0333 e. The van der Waals surface area contributed by atoms with Crippen LogP contribution in [0.15, 0.2) is 24.3 Å². The first kappa shape index (κ1) is 9.41. The van der Waals surface area contributed by atoms with Crippen LogP contribution in [0.3, 0.4) is 0 Å². The van der Waals surface area contributed by atoms with Crippen molar-refractivity contribution in [1.29, 1.82) is 0 Å². The molecule has 2 aliphatic carbocycles. The summed E-state index contributed by atoms with van der Waals surface area (Å²) in [5, 5.41) is 3.69. The number of fused-ring (bicyclic) bond motifs is 2. The van der Waals surface area contributed by atoms with Gasteiger partial charge in [-0.1, -0.05) is 38.1 Å². The lowest BCUT2D eigenvalue weighted by atomic mass is 9.99. The lowest BCUT2D eigenvalue weighted by Crippen LogP contribution is -2.27. The van der Waals surface area contributed by atoms with Gasteiger partial charge in [-0.25, -0.2) is 0 Å². The third-order valence-electron chi connectivity index (χ3n) is 3.89. The van der Waals surface area contributed by atoms with Gasteiger partial charge in [0.15, 0.2) is 0 Å². The maximum atomic E-state index is 3.69. The molecule has 0 bridgehead atoms. The van der Waals surface area contributed by atoms with E-state index in [1.807, 2.05) is 0 Å². The zero-order valence-corrected chi connectivity index (χ0v) is 9.59. The SMILES string of the molecule is CC(C)NC1CC2(CC2)c2ccccc21. The number of nitrogens with one attached hydrogen (secondary N) is 1. The van der Waals surface area contributed by atoms with E-state index in [9.17, 15) is 0 Å². The molecule has 80 valence electrons. The van der Waals surface area contributed by atoms with Gasteiger partial charge in [-0.15, -0.1) is 0 Å². The fourth-order valence-corrected chi connectivity index (χ4v) is 3.07. The number of benzene rings is 1. The fourth-order valence-electron chi connectivity index (χ4n) is 3.07. The molecule has 1 fully saturated rings. The second-order valence-corrected chi connectivity index (χ2v) is 5.45. The molecule has 1 nitrogen and oxygen atoms in total. The standard InChI is InChI=1S/C14H19N/c1-10(2)15-13-9-14(7-8-14)12-6-4-3-5-11(12)13/h3-6,10,13,15H,7-9H2,1-2H3. The molecule has 0 radical (unpaired) electrons. The van der Waals surface area contributed by atoms with Crippen molar-refractivity contribution in [1.82, 2.24) is 5.32 Å². The summed E-state index contributed by atoms with van der Waals surface area (Å²) in [6, 6.07) is 10.2. The quantitative estimate of drug-likeness (QED) is 0.775. The maximum absolute atomic E-state index is 3.69. The minimum absolute atomic E-state index is 0.573. The minimum atomic E-state index is 0.573. The first-order valence-corrected chi connectivity index (χ1v) is 6.07. The third-order valence-corrected chi connectivity index (χ3v) is 3.89. The van der Waals surface area contributed by atoms with Gasteiger partial charge in [-0.2, -0.15) is 0 Å². The highest BCUT2D eigenvalue weighted by molar-refractivity contribution is 5.45. The average molecular weight is 201 g/mol. The van der Waals surface area contributed by atoms with Crippen LogP contribution in [0.5, 0.6) is 0 Å². The average Bonchev–Trinajstić information content (AvgIpc) is 2.90. The van der Waals surface area contributed by atoms with Gasteiger partial charge in [-0.3, -0.25) is 0 Å². The summed E-state index contributed by atoms with van der Waals surface area (Å²) < 4.78 is 0. The highest BCUT2D eigenvalue weighted by atomic mass is 15.0. The van der Waals surface area contributed by atoms with Gasteiger partial charge in [0.25, 0.3) is 0 Å². The Morgan fingerprint density at radius 2 is 2.00 bits per heavy atom. The highest BCUT2D eigenvalue weighted by Gasteiger charge is 2.51. The summed E-state index contributed by atoms with van der Waals surface area (Å²) in [7, 11) is 0. The first-order chi connectivity index (χ1) is 7.21. The third kappa shape index (κ3) is 1.41. The minimum Gasteiger partial charge on any atom is -0.308 e. The Labute approximate surface area is 91.9 Å². The zero-order valence-electron chi connectivity index (χ0n) is 9.59. The molecule has 1 unspecified atom stereocenters. The second-order valence-electron chi connectivity index (χ2n) is 5.45. The molecule has 1 atom stereocenters. The summed E-state index contributed by atoms with van der Waals surface area (Å²) in [5.41, 5.74) is 3.76. The van der Waals surface area contributed by atoms with E-state index in [4.69, 9.17) is 0 Å². The van der Waals surface area contributed by atoms with Crippen LogP contribution in [0.4, 0.5) is 0 Å².